The summed E-state index contributed by atoms with van der Waals surface area (Å²) in [5.41, 5.74) is 3.90. The molecular weight excluding hydrogens is 442 g/mol. The number of halogens is 2. The van der Waals surface area contributed by atoms with Gasteiger partial charge in [-0.15, -0.1) is 5.10 Å². The van der Waals surface area contributed by atoms with Gasteiger partial charge in [-0.2, -0.15) is 4.98 Å². The van der Waals surface area contributed by atoms with Crippen LogP contribution in [0.4, 0.5) is 20.5 Å². The fraction of sp³-hybridized carbons (Fsp3) is 0.391. The summed E-state index contributed by atoms with van der Waals surface area (Å²) < 4.78 is 36.7. The minimum Gasteiger partial charge on any atom is -0.378 e. The fourth-order valence-corrected chi connectivity index (χ4v) is 4.62. The molecule has 0 spiro atoms. The average molecular weight is 466 g/mol. The summed E-state index contributed by atoms with van der Waals surface area (Å²) in [6.45, 7) is 1.34. The average Bonchev–Trinajstić information content (AvgIpc) is 3.22. The molecule has 176 valence electrons. The van der Waals surface area contributed by atoms with Crippen molar-refractivity contribution in [3.05, 3.63) is 42.7 Å². The zero-order valence-corrected chi connectivity index (χ0v) is 18.6. The number of hydrogen-bond donors (Lipinski definition) is 2. The van der Waals surface area contributed by atoms with E-state index < -0.39 is 12.0 Å². The molecule has 11 heteroatoms. The van der Waals surface area contributed by atoms with E-state index in [1.54, 1.807) is 24.0 Å². The zero-order chi connectivity index (χ0) is 23.3. The van der Waals surface area contributed by atoms with E-state index in [2.05, 4.69) is 25.7 Å². The van der Waals surface area contributed by atoms with Gasteiger partial charge in [-0.25, -0.2) is 18.3 Å². The van der Waals surface area contributed by atoms with Crippen LogP contribution in [0, 0.1) is 0 Å². The molecule has 2 N–H and O–H groups in total. The topological polar surface area (TPSA) is 92.5 Å². The highest BCUT2D eigenvalue weighted by molar-refractivity contribution is 5.89. The lowest BCUT2D eigenvalue weighted by Crippen LogP contribution is -2.61. The van der Waals surface area contributed by atoms with E-state index in [0.29, 0.717) is 32.0 Å². The van der Waals surface area contributed by atoms with Crippen molar-refractivity contribution in [1.82, 2.24) is 29.5 Å². The van der Waals surface area contributed by atoms with Crippen LogP contribution in [0.15, 0.2) is 42.7 Å². The van der Waals surface area contributed by atoms with Crippen LogP contribution in [-0.4, -0.2) is 80.8 Å². The summed E-state index contributed by atoms with van der Waals surface area (Å²) in [5, 5.41) is 10.4. The Morgan fingerprint density at radius 2 is 2.00 bits per heavy atom. The molecule has 2 fully saturated rings. The first-order chi connectivity index (χ1) is 16.5. The number of ether oxygens (including phenoxy) is 1. The van der Waals surface area contributed by atoms with Gasteiger partial charge in [0, 0.05) is 31.5 Å². The molecule has 0 unspecified atom stereocenters. The number of likely N-dealkylation sites (tertiary alicyclic amines) is 1. The number of hydrogen-bond acceptors (Lipinski definition) is 8. The summed E-state index contributed by atoms with van der Waals surface area (Å²) >= 11 is 0. The van der Waals surface area contributed by atoms with Gasteiger partial charge in [-0.3, -0.25) is 9.88 Å². The van der Waals surface area contributed by atoms with Gasteiger partial charge in [0.05, 0.1) is 48.6 Å². The number of anilines is 2. The molecule has 6 rings (SSSR count). The fourth-order valence-electron chi connectivity index (χ4n) is 4.62. The van der Waals surface area contributed by atoms with Crippen LogP contribution >= 0.6 is 0 Å². The van der Waals surface area contributed by atoms with Crippen molar-refractivity contribution < 1.29 is 13.5 Å². The molecule has 4 aromatic heterocycles. The Kier molecular flexibility index (Phi) is 5.03. The summed E-state index contributed by atoms with van der Waals surface area (Å²) in [6.07, 6.45) is 3.81. The molecule has 0 radical (unpaired) electrons. The van der Waals surface area contributed by atoms with Gasteiger partial charge in [0.1, 0.15) is 5.52 Å². The minimum absolute atomic E-state index is 0.0908. The second kappa shape index (κ2) is 8.10. The van der Waals surface area contributed by atoms with Crippen molar-refractivity contribution in [1.29, 1.82) is 0 Å². The molecule has 0 aliphatic carbocycles. The second-order valence-corrected chi connectivity index (χ2v) is 8.70. The lowest BCUT2D eigenvalue weighted by atomic mass is 9.98. The maximum atomic E-state index is 14.9. The Balaban J connectivity index is 1.30. The Hall–Kier alpha value is -3.44. The minimum atomic E-state index is -2.91. The Morgan fingerprint density at radius 1 is 1.12 bits per heavy atom. The number of nitrogens with one attached hydrogen (secondary N) is 2. The normalized spacial score (nSPS) is 21.0. The number of rotatable bonds is 5. The molecule has 0 amide bonds. The van der Waals surface area contributed by atoms with Gasteiger partial charge in [0.15, 0.2) is 5.82 Å². The molecule has 34 heavy (non-hydrogen) atoms. The lowest BCUT2D eigenvalue weighted by molar-refractivity contribution is -0.131. The predicted molar refractivity (Wildman–Crippen MR) is 124 cm³/mol. The first-order valence-electron chi connectivity index (χ1n) is 11.3. The van der Waals surface area contributed by atoms with Crippen LogP contribution in [-0.2, 0) is 4.74 Å². The highest BCUT2D eigenvalue weighted by Crippen LogP contribution is 2.33. The third-order valence-electron chi connectivity index (χ3n) is 6.55. The molecule has 2 saturated heterocycles. The molecule has 0 saturated carbocycles. The number of piperidine rings is 1. The van der Waals surface area contributed by atoms with Gasteiger partial charge in [0.25, 0.3) is 5.92 Å². The highest BCUT2D eigenvalue weighted by atomic mass is 19.3. The zero-order valence-electron chi connectivity index (χ0n) is 18.6. The van der Waals surface area contributed by atoms with Gasteiger partial charge >= 0.3 is 0 Å². The number of nitrogens with zero attached hydrogens (tertiary/aromatic N) is 6. The van der Waals surface area contributed by atoms with E-state index in [1.807, 2.05) is 35.2 Å². The molecule has 6 heterocycles. The smallest absolute Gasteiger partial charge is 0.280 e. The van der Waals surface area contributed by atoms with Crippen LogP contribution in [0.2, 0.25) is 0 Å². The second-order valence-electron chi connectivity index (χ2n) is 8.70. The summed E-state index contributed by atoms with van der Waals surface area (Å²) in [4.78, 5) is 15.4. The van der Waals surface area contributed by atoms with Crippen molar-refractivity contribution >= 4 is 28.3 Å². The van der Waals surface area contributed by atoms with Crippen LogP contribution in [0.25, 0.3) is 27.8 Å². The molecular formula is C23H24F2N8O. The molecule has 0 aromatic carbocycles. The van der Waals surface area contributed by atoms with E-state index >= 15 is 0 Å². The van der Waals surface area contributed by atoms with E-state index in [4.69, 9.17) is 9.72 Å². The highest BCUT2D eigenvalue weighted by Gasteiger charge is 2.47. The third kappa shape index (κ3) is 3.61. The maximum Gasteiger partial charge on any atom is 0.280 e. The van der Waals surface area contributed by atoms with Crippen molar-refractivity contribution in [2.45, 2.75) is 24.4 Å². The third-order valence-corrected chi connectivity index (χ3v) is 6.55. The van der Waals surface area contributed by atoms with E-state index in [0.717, 1.165) is 27.8 Å². The van der Waals surface area contributed by atoms with Crippen molar-refractivity contribution in [2.24, 2.45) is 0 Å². The van der Waals surface area contributed by atoms with Crippen LogP contribution < -0.4 is 10.6 Å². The molecule has 2 aliphatic heterocycles. The Morgan fingerprint density at radius 3 is 2.76 bits per heavy atom. The number of fused-ring (bicyclic) bond motifs is 2. The maximum absolute atomic E-state index is 14.9. The molecule has 1 atom stereocenters. The predicted octanol–water partition coefficient (Wildman–Crippen LogP) is 2.90. The molecule has 2 aliphatic rings. The van der Waals surface area contributed by atoms with Gasteiger partial charge in [-0.1, -0.05) is 0 Å². The van der Waals surface area contributed by atoms with Gasteiger partial charge in [0.2, 0.25) is 5.95 Å². The number of pyridine rings is 2. The summed E-state index contributed by atoms with van der Waals surface area (Å²) in [7, 11) is 1.74. The number of alkyl halides is 2. The van der Waals surface area contributed by atoms with Gasteiger partial charge in [-0.05, 0) is 36.8 Å². The van der Waals surface area contributed by atoms with E-state index in [-0.39, 0.29) is 18.5 Å². The standard InChI is InChI=1S/C23H24F2N8O/c1-26-21-20-15(16-4-5-17-18(28-16)3-2-8-27-17)6-10-33(20)31-22(30-21)29-19-7-9-32(13-23(19,24)25)14-11-34-12-14/h2-6,8,10,14,19H,7,9,11-13H2,1H3,(H2,26,29,30,31)/t19-/m0/s1. The first-order valence-corrected chi connectivity index (χ1v) is 11.3. The SMILES string of the molecule is CNc1nc(N[C@H]2CCN(C3COC3)CC2(F)F)nn2ccc(-c3ccc4ncccc4n3)c12. The molecule has 0 bridgehead atoms. The van der Waals surface area contributed by atoms with Gasteiger partial charge < -0.3 is 15.4 Å². The quantitative estimate of drug-likeness (QED) is 0.464. The Bertz CT molecular complexity index is 1360. The lowest BCUT2D eigenvalue weighted by Gasteiger charge is -2.44. The van der Waals surface area contributed by atoms with Crippen LogP contribution in [0.3, 0.4) is 0 Å². The monoisotopic (exact) mass is 466 g/mol. The molecule has 4 aromatic rings. The molecule has 9 nitrogen and oxygen atoms in total. The van der Waals surface area contributed by atoms with Crippen molar-refractivity contribution in [3.8, 4) is 11.3 Å². The number of aromatic nitrogens is 5. The van der Waals surface area contributed by atoms with E-state index in [1.165, 1.54) is 0 Å². The van der Waals surface area contributed by atoms with Crippen LogP contribution in [0.1, 0.15) is 6.42 Å². The van der Waals surface area contributed by atoms with Crippen molar-refractivity contribution in [3.63, 3.8) is 0 Å². The Labute approximate surface area is 194 Å². The van der Waals surface area contributed by atoms with Crippen molar-refractivity contribution in [2.75, 3.05) is 44.0 Å². The summed E-state index contributed by atoms with van der Waals surface area (Å²) in [6, 6.07) is 8.51. The van der Waals surface area contributed by atoms with E-state index in [9.17, 15) is 8.78 Å². The first kappa shape index (κ1) is 21.1. The van der Waals surface area contributed by atoms with Crippen LogP contribution in [0.5, 0.6) is 0 Å². The summed E-state index contributed by atoms with van der Waals surface area (Å²) in [5.74, 6) is -2.23. The largest absolute Gasteiger partial charge is 0.378 e.